The molecule has 1 aromatic carbocycles. The Hall–Kier alpha value is -2.56. The number of nitrogens with one attached hydrogen (secondary N) is 2. The van der Waals surface area contributed by atoms with Crippen molar-refractivity contribution in [1.82, 2.24) is 10.6 Å². The van der Waals surface area contributed by atoms with Crippen molar-refractivity contribution in [3.05, 3.63) is 59.0 Å². The number of amides is 2. The standard InChI is InChI=1S/C17H20N2O3/c1-12-4-3-5-14(10-12)17(21)19-11-16(20)18-9-8-15-7-6-13(2)22-15/h3-7,10H,8-9,11H2,1-2H3,(H,18,20)(H,19,21). The van der Waals surface area contributed by atoms with Gasteiger partial charge in [0.1, 0.15) is 11.5 Å². The van der Waals surface area contributed by atoms with Gasteiger partial charge in [0.15, 0.2) is 0 Å². The van der Waals surface area contributed by atoms with Gasteiger partial charge in [0.2, 0.25) is 5.91 Å². The molecule has 2 rings (SSSR count). The number of aryl methyl sites for hydroxylation is 2. The van der Waals surface area contributed by atoms with Crippen molar-refractivity contribution >= 4 is 11.8 Å². The van der Waals surface area contributed by atoms with Gasteiger partial charge in [0.05, 0.1) is 6.54 Å². The quantitative estimate of drug-likeness (QED) is 0.857. The third kappa shape index (κ3) is 4.77. The highest BCUT2D eigenvalue weighted by atomic mass is 16.3. The van der Waals surface area contributed by atoms with E-state index in [0.717, 1.165) is 17.1 Å². The highest BCUT2D eigenvalue weighted by Gasteiger charge is 2.08. The molecule has 2 N–H and O–H groups in total. The summed E-state index contributed by atoms with van der Waals surface area (Å²) in [6.45, 7) is 4.23. The molecule has 2 amide bonds. The minimum absolute atomic E-state index is 0.0377. The molecule has 0 unspecified atom stereocenters. The largest absolute Gasteiger partial charge is 0.466 e. The van der Waals surface area contributed by atoms with Crippen LogP contribution in [0.2, 0.25) is 0 Å². The number of carbonyl (C=O) groups is 2. The fourth-order valence-electron chi connectivity index (χ4n) is 2.06. The van der Waals surface area contributed by atoms with Crippen LogP contribution in [0.15, 0.2) is 40.8 Å². The summed E-state index contributed by atoms with van der Waals surface area (Å²) < 4.78 is 5.41. The Morgan fingerprint density at radius 2 is 1.91 bits per heavy atom. The first-order valence-electron chi connectivity index (χ1n) is 7.21. The van der Waals surface area contributed by atoms with E-state index in [0.29, 0.717) is 18.5 Å². The topological polar surface area (TPSA) is 71.3 Å². The molecule has 0 saturated carbocycles. The maximum Gasteiger partial charge on any atom is 0.251 e. The van der Waals surface area contributed by atoms with Crippen molar-refractivity contribution in [1.29, 1.82) is 0 Å². The number of furan rings is 1. The Balaban J connectivity index is 1.70. The fraction of sp³-hybridized carbons (Fsp3) is 0.294. The molecule has 0 aliphatic heterocycles. The first-order chi connectivity index (χ1) is 10.5. The van der Waals surface area contributed by atoms with Gasteiger partial charge in [-0.3, -0.25) is 9.59 Å². The van der Waals surface area contributed by atoms with Gasteiger partial charge < -0.3 is 15.1 Å². The van der Waals surface area contributed by atoms with Crippen LogP contribution in [-0.2, 0) is 11.2 Å². The van der Waals surface area contributed by atoms with Gasteiger partial charge in [-0.05, 0) is 38.1 Å². The van der Waals surface area contributed by atoms with Crippen molar-refractivity contribution in [2.45, 2.75) is 20.3 Å². The summed E-state index contributed by atoms with van der Waals surface area (Å²) in [5.74, 6) is 1.22. The molecule has 2 aromatic rings. The molecule has 0 fully saturated rings. The van der Waals surface area contributed by atoms with Gasteiger partial charge in [0, 0.05) is 18.5 Å². The molecule has 0 atom stereocenters. The monoisotopic (exact) mass is 300 g/mol. The third-order valence-electron chi connectivity index (χ3n) is 3.18. The van der Waals surface area contributed by atoms with E-state index >= 15 is 0 Å². The second kappa shape index (κ2) is 7.45. The Bertz CT molecular complexity index is 661. The third-order valence-corrected chi connectivity index (χ3v) is 3.18. The van der Waals surface area contributed by atoms with Gasteiger partial charge in [-0.1, -0.05) is 17.7 Å². The summed E-state index contributed by atoms with van der Waals surface area (Å²) in [6, 6.07) is 11.0. The van der Waals surface area contributed by atoms with E-state index in [1.165, 1.54) is 0 Å². The normalized spacial score (nSPS) is 10.3. The van der Waals surface area contributed by atoms with E-state index in [-0.39, 0.29) is 18.4 Å². The number of hydrogen-bond donors (Lipinski definition) is 2. The summed E-state index contributed by atoms with van der Waals surface area (Å²) >= 11 is 0. The minimum Gasteiger partial charge on any atom is -0.466 e. The average Bonchev–Trinajstić information content (AvgIpc) is 2.90. The van der Waals surface area contributed by atoms with Crippen LogP contribution in [0.25, 0.3) is 0 Å². The molecule has 1 aromatic heterocycles. The highest BCUT2D eigenvalue weighted by molar-refractivity contribution is 5.96. The predicted octanol–water partition coefficient (Wildman–Crippen LogP) is 1.99. The zero-order valence-corrected chi connectivity index (χ0v) is 12.8. The number of rotatable bonds is 6. The summed E-state index contributed by atoms with van der Waals surface area (Å²) in [5.41, 5.74) is 1.56. The van der Waals surface area contributed by atoms with E-state index in [2.05, 4.69) is 10.6 Å². The minimum atomic E-state index is -0.250. The lowest BCUT2D eigenvalue weighted by Crippen LogP contribution is -2.37. The average molecular weight is 300 g/mol. The molecule has 1 heterocycles. The molecule has 0 aliphatic carbocycles. The molecular weight excluding hydrogens is 280 g/mol. The highest BCUT2D eigenvalue weighted by Crippen LogP contribution is 2.06. The maximum atomic E-state index is 11.9. The SMILES string of the molecule is Cc1cccc(C(=O)NCC(=O)NCCc2ccc(C)o2)c1. The first kappa shape index (κ1) is 15.8. The van der Waals surface area contributed by atoms with Crippen LogP contribution in [0.5, 0.6) is 0 Å². The zero-order valence-electron chi connectivity index (χ0n) is 12.8. The van der Waals surface area contributed by atoms with Crippen LogP contribution in [0.1, 0.15) is 27.4 Å². The van der Waals surface area contributed by atoms with Crippen molar-refractivity contribution in [2.75, 3.05) is 13.1 Å². The van der Waals surface area contributed by atoms with Crippen molar-refractivity contribution in [2.24, 2.45) is 0 Å². The molecule has 22 heavy (non-hydrogen) atoms. The van der Waals surface area contributed by atoms with Crippen LogP contribution >= 0.6 is 0 Å². The molecule has 0 radical (unpaired) electrons. The molecule has 0 saturated heterocycles. The van der Waals surface area contributed by atoms with E-state index in [1.54, 1.807) is 12.1 Å². The van der Waals surface area contributed by atoms with Gasteiger partial charge in [-0.25, -0.2) is 0 Å². The summed E-state index contributed by atoms with van der Waals surface area (Å²) in [6.07, 6.45) is 0.630. The molecular formula is C17H20N2O3. The van der Waals surface area contributed by atoms with Gasteiger partial charge in [-0.15, -0.1) is 0 Å². The van der Waals surface area contributed by atoms with Crippen molar-refractivity contribution in [3.8, 4) is 0 Å². The van der Waals surface area contributed by atoms with Crippen LogP contribution < -0.4 is 10.6 Å². The van der Waals surface area contributed by atoms with E-state index < -0.39 is 0 Å². The van der Waals surface area contributed by atoms with Crippen LogP contribution in [-0.4, -0.2) is 24.9 Å². The Labute approximate surface area is 129 Å². The van der Waals surface area contributed by atoms with E-state index in [4.69, 9.17) is 4.42 Å². The van der Waals surface area contributed by atoms with Crippen LogP contribution in [0.3, 0.4) is 0 Å². The molecule has 0 bridgehead atoms. The first-order valence-corrected chi connectivity index (χ1v) is 7.21. The van der Waals surface area contributed by atoms with E-state index in [9.17, 15) is 9.59 Å². The number of carbonyl (C=O) groups excluding carboxylic acids is 2. The lowest BCUT2D eigenvalue weighted by atomic mass is 10.1. The van der Waals surface area contributed by atoms with E-state index in [1.807, 2.05) is 38.1 Å². The Kier molecular flexibility index (Phi) is 5.36. The molecule has 0 spiro atoms. The maximum absolute atomic E-state index is 11.9. The number of benzene rings is 1. The molecule has 5 nitrogen and oxygen atoms in total. The van der Waals surface area contributed by atoms with Crippen LogP contribution in [0, 0.1) is 13.8 Å². The zero-order chi connectivity index (χ0) is 15.9. The van der Waals surface area contributed by atoms with Crippen molar-refractivity contribution in [3.63, 3.8) is 0 Å². The summed E-state index contributed by atoms with van der Waals surface area (Å²) in [4.78, 5) is 23.6. The summed E-state index contributed by atoms with van der Waals surface area (Å²) in [5, 5.41) is 5.35. The van der Waals surface area contributed by atoms with Crippen molar-refractivity contribution < 1.29 is 14.0 Å². The molecule has 5 heteroatoms. The van der Waals surface area contributed by atoms with Gasteiger partial charge >= 0.3 is 0 Å². The second-order valence-corrected chi connectivity index (χ2v) is 5.16. The Morgan fingerprint density at radius 3 is 2.59 bits per heavy atom. The second-order valence-electron chi connectivity index (χ2n) is 5.16. The summed E-state index contributed by atoms with van der Waals surface area (Å²) in [7, 11) is 0. The fourth-order valence-corrected chi connectivity index (χ4v) is 2.06. The van der Waals surface area contributed by atoms with Gasteiger partial charge in [-0.2, -0.15) is 0 Å². The van der Waals surface area contributed by atoms with Crippen LogP contribution in [0.4, 0.5) is 0 Å². The molecule has 116 valence electrons. The lowest BCUT2D eigenvalue weighted by Gasteiger charge is -2.07. The predicted molar refractivity (Wildman–Crippen MR) is 83.7 cm³/mol. The molecule has 0 aliphatic rings. The lowest BCUT2D eigenvalue weighted by molar-refractivity contribution is -0.120. The number of hydrogen-bond acceptors (Lipinski definition) is 3. The Morgan fingerprint density at radius 1 is 1.09 bits per heavy atom. The smallest absolute Gasteiger partial charge is 0.251 e. The van der Waals surface area contributed by atoms with Gasteiger partial charge in [0.25, 0.3) is 5.91 Å².